The molecule has 1 aromatic carbocycles. The molecule has 3 rings (SSSR count). The summed E-state index contributed by atoms with van der Waals surface area (Å²) in [4.78, 5) is 9.14. The first-order valence-electron chi connectivity index (χ1n) is 7.31. The van der Waals surface area contributed by atoms with Crippen LogP contribution in [0.15, 0.2) is 30.3 Å². The maximum atomic E-state index is 5.90. The van der Waals surface area contributed by atoms with Gasteiger partial charge in [-0.25, -0.2) is 4.98 Å². The quantitative estimate of drug-likeness (QED) is 0.728. The molecule has 2 aromatic rings. The van der Waals surface area contributed by atoms with Crippen molar-refractivity contribution in [2.75, 3.05) is 11.9 Å². The number of ether oxygens (including phenoxy) is 1. The van der Waals surface area contributed by atoms with E-state index in [2.05, 4.69) is 44.8 Å². The van der Waals surface area contributed by atoms with Crippen LogP contribution in [0.2, 0.25) is 0 Å². The van der Waals surface area contributed by atoms with Crippen LogP contribution in [-0.2, 0) is 0 Å². The van der Waals surface area contributed by atoms with Crippen LogP contribution in [-0.4, -0.2) is 16.5 Å². The van der Waals surface area contributed by atoms with Crippen LogP contribution in [0, 0.1) is 3.57 Å². The van der Waals surface area contributed by atoms with Gasteiger partial charge in [-0.1, -0.05) is 13.0 Å². The van der Waals surface area contributed by atoms with E-state index in [1.165, 1.54) is 12.8 Å². The Morgan fingerprint density at radius 1 is 1.29 bits per heavy atom. The van der Waals surface area contributed by atoms with Crippen molar-refractivity contribution in [2.45, 2.75) is 32.1 Å². The molecule has 1 fully saturated rings. The van der Waals surface area contributed by atoms with Crippen LogP contribution in [0.3, 0.4) is 0 Å². The Kier molecular flexibility index (Phi) is 4.57. The standard InChI is InChI=1S/C16H18IN3O/c1-2-8-18-14-10-15(20-16(19-14)11-6-7-11)21-13-5-3-4-12(17)9-13/h3-5,9-11H,2,6-8H2,1H3,(H,18,19,20). The normalized spacial score (nSPS) is 14.0. The number of aromatic nitrogens is 2. The second-order valence-corrected chi connectivity index (χ2v) is 6.46. The third-order valence-corrected chi connectivity index (χ3v) is 3.91. The van der Waals surface area contributed by atoms with E-state index in [1.54, 1.807) is 0 Å². The fraction of sp³-hybridized carbons (Fsp3) is 0.375. The zero-order valence-corrected chi connectivity index (χ0v) is 14.1. The fourth-order valence-corrected chi connectivity index (χ4v) is 2.53. The number of nitrogens with one attached hydrogen (secondary N) is 1. The molecule has 0 atom stereocenters. The molecule has 1 aliphatic carbocycles. The topological polar surface area (TPSA) is 47.0 Å². The summed E-state index contributed by atoms with van der Waals surface area (Å²) in [5.74, 6) is 3.69. The summed E-state index contributed by atoms with van der Waals surface area (Å²) in [5.41, 5.74) is 0. The Balaban J connectivity index is 1.84. The van der Waals surface area contributed by atoms with Crippen LogP contribution in [0.5, 0.6) is 11.6 Å². The van der Waals surface area contributed by atoms with Crippen LogP contribution in [0.1, 0.15) is 37.9 Å². The van der Waals surface area contributed by atoms with Gasteiger partial charge in [0.1, 0.15) is 17.4 Å². The summed E-state index contributed by atoms with van der Waals surface area (Å²) >= 11 is 2.28. The first-order chi connectivity index (χ1) is 10.2. The number of hydrogen-bond donors (Lipinski definition) is 1. The number of halogens is 1. The molecular formula is C16H18IN3O. The minimum absolute atomic E-state index is 0.506. The molecular weight excluding hydrogens is 377 g/mol. The number of hydrogen-bond acceptors (Lipinski definition) is 4. The summed E-state index contributed by atoms with van der Waals surface area (Å²) in [5, 5.41) is 3.32. The van der Waals surface area contributed by atoms with Crippen LogP contribution < -0.4 is 10.1 Å². The van der Waals surface area contributed by atoms with Gasteiger partial charge in [-0.3, -0.25) is 0 Å². The molecule has 1 aliphatic rings. The van der Waals surface area contributed by atoms with Gasteiger partial charge < -0.3 is 10.1 Å². The molecule has 1 aromatic heterocycles. The number of nitrogens with zero attached hydrogens (tertiary/aromatic N) is 2. The predicted molar refractivity (Wildman–Crippen MR) is 92.0 cm³/mol. The maximum Gasteiger partial charge on any atom is 0.224 e. The molecule has 0 saturated heterocycles. The lowest BCUT2D eigenvalue weighted by Crippen LogP contribution is -2.05. The van der Waals surface area contributed by atoms with E-state index in [1.807, 2.05) is 30.3 Å². The van der Waals surface area contributed by atoms with Crippen molar-refractivity contribution in [1.82, 2.24) is 9.97 Å². The van der Waals surface area contributed by atoms with E-state index in [0.29, 0.717) is 11.8 Å². The summed E-state index contributed by atoms with van der Waals surface area (Å²) in [6.07, 6.45) is 3.43. The van der Waals surface area contributed by atoms with Crippen LogP contribution in [0.4, 0.5) is 5.82 Å². The molecule has 110 valence electrons. The lowest BCUT2D eigenvalue weighted by atomic mass is 10.3. The number of benzene rings is 1. The zero-order valence-electron chi connectivity index (χ0n) is 12.0. The number of anilines is 1. The SMILES string of the molecule is CCCNc1cc(Oc2cccc(I)c2)nc(C2CC2)n1. The van der Waals surface area contributed by atoms with Gasteiger partial charge >= 0.3 is 0 Å². The molecule has 0 radical (unpaired) electrons. The van der Waals surface area contributed by atoms with Gasteiger partial charge in [0.25, 0.3) is 0 Å². The smallest absolute Gasteiger partial charge is 0.224 e. The second kappa shape index (κ2) is 6.60. The molecule has 1 N–H and O–H groups in total. The Hall–Kier alpha value is -1.37. The highest BCUT2D eigenvalue weighted by molar-refractivity contribution is 14.1. The highest BCUT2D eigenvalue weighted by atomic mass is 127. The minimum atomic E-state index is 0.506. The lowest BCUT2D eigenvalue weighted by molar-refractivity contribution is 0.458. The molecule has 5 heteroatoms. The van der Waals surface area contributed by atoms with Crippen LogP contribution >= 0.6 is 22.6 Å². The Labute approximate surface area is 138 Å². The Morgan fingerprint density at radius 2 is 2.14 bits per heavy atom. The van der Waals surface area contributed by atoms with Crippen molar-refractivity contribution in [1.29, 1.82) is 0 Å². The van der Waals surface area contributed by atoms with Crippen molar-refractivity contribution in [3.63, 3.8) is 0 Å². The lowest BCUT2D eigenvalue weighted by Gasteiger charge is -2.10. The fourth-order valence-electron chi connectivity index (χ4n) is 2.01. The first-order valence-corrected chi connectivity index (χ1v) is 8.38. The largest absolute Gasteiger partial charge is 0.439 e. The van der Waals surface area contributed by atoms with Gasteiger partial charge in [-0.2, -0.15) is 4.98 Å². The van der Waals surface area contributed by atoms with E-state index in [9.17, 15) is 0 Å². The Morgan fingerprint density at radius 3 is 2.86 bits per heavy atom. The van der Waals surface area contributed by atoms with E-state index in [-0.39, 0.29) is 0 Å². The monoisotopic (exact) mass is 395 g/mol. The van der Waals surface area contributed by atoms with Gasteiger partial charge in [-0.05, 0) is 60.1 Å². The van der Waals surface area contributed by atoms with E-state index in [0.717, 1.165) is 33.9 Å². The van der Waals surface area contributed by atoms with Crippen molar-refractivity contribution < 1.29 is 4.74 Å². The first kappa shape index (κ1) is 14.6. The van der Waals surface area contributed by atoms with Gasteiger partial charge in [0, 0.05) is 22.1 Å². The third kappa shape index (κ3) is 4.06. The highest BCUT2D eigenvalue weighted by Crippen LogP contribution is 2.39. The highest BCUT2D eigenvalue weighted by Gasteiger charge is 2.27. The van der Waals surface area contributed by atoms with Crippen LogP contribution in [0.25, 0.3) is 0 Å². The molecule has 4 nitrogen and oxygen atoms in total. The van der Waals surface area contributed by atoms with Gasteiger partial charge in [0.05, 0.1) is 0 Å². The molecule has 0 spiro atoms. The predicted octanol–water partition coefficient (Wildman–Crippen LogP) is 4.57. The van der Waals surface area contributed by atoms with Crippen molar-refractivity contribution in [2.24, 2.45) is 0 Å². The zero-order chi connectivity index (χ0) is 14.7. The van der Waals surface area contributed by atoms with Crippen molar-refractivity contribution >= 4 is 28.4 Å². The summed E-state index contributed by atoms with van der Waals surface area (Å²) < 4.78 is 7.05. The third-order valence-electron chi connectivity index (χ3n) is 3.24. The number of rotatable bonds is 6. The minimum Gasteiger partial charge on any atom is -0.439 e. The summed E-state index contributed by atoms with van der Waals surface area (Å²) in [6, 6.07) is 9.84. The molecule has 1 heterocycles. The van der Waals surface area contributed by atoms with E-state index >= 15 is 0 Å². The summed E-state index contributed by atoms with van der Waals surface area (Å²) in [7, 11) is 0. The average molecular weight is 395 g/mol. The maximum absolute atomic E-state index is 5.90. The van der Waals surface area contributed by atoms with E-state index in [4.69, 9.17) is 4.74 Å². The molecule has 0 unspecified atom stereocenters. The molecule has 0 bridgehead atoms. The second-order valence-electron chi connectivity index (χ2n) is 5.21. The molecule has 21 heavy (non-hydrogen) atoms. The average Bonchev–Trinajstić information content (AvgIpc) is 3.29. The van der Waals surface area contributed by atoms with E-state index < -0.39 is 0 Å². The van der Waals surface area contributed by atoms with Crippen molar-refractivity contribution in [3.8, 4) is 11.6 Å². The van der Waals surface area contributed by atoms with Gasteiger partial charge in [0.2, 0.25) is 5.88 Å². The molecule has 0 aliphatic heterocycles. The Bertz CT molecular complexity index is 629. The van der Waals surface area contributed by atoms with Gasteiger partial charge in [-0.15, -0.1) is 0 Å². The van der Waals surface area contributed by atoms with Crippen molar-refractivity contribution in [3.05, 3.63) is 39.7 Å². The summed E-state index contributed by atoms with van der Waals surface area (Å²) in [6.45, 7) is 3.04. The molecule has 1 saturated carbocycles. The van der Waals surface area contributed by atoms with Gasteiger partial charge in [0.15, 0.2) is 0 Å². The molecule has 0 amide bonds.